The number of amides is 2. The summed E-state index contributed by atoms with van der Waals surface area (Å²) in [4.78, 5) is 37.2. The lowest BCUT2D eigenvalue weighted by atomic mass is 9.97. The van der Waals surface area contributed by atoms with Crippen LogP contribution in [0, 0.1) is 0 Å². The van der Waals surface area contributed by atoms with Crippen molar-refractivity contribution in [2.24, 2.45) is 0 Å². The lowest BCUT2D eigenvalue weighted by molar-refractivity contribution is -0.139. The van der Waals surface area contributed by atoms with E-state index in [-0.39, 0.29) is 12.5 Å². The Hall–Kier alpha value is -2.61. The van der Waals surface area contributed by atoms with Gasteiger partial charge in [-0.2, -0.15) is 0 Å². The second-order valence-corrected chi connectivity index (χ2v) is 9.12. The summed E-state index contributed by atoms with van der Waals surface area (Å²) in [5.41, 5.74) is -0.262. The van der Waals surface area contributed by atoms with Crippen molar-refractivity contribution < 1.29 is 23.9 Å². The van der Waals surface area contributed by atoms with Crippen LogP contribution in [0.1, 0.15) is 47.1 Å². The molecule has 30 heavy (non-hydrogen) atoms. The zero-order valence-electron chi connectivity index (χ0n) is 19.0. The lowest BCUT2D eigenvalue weighted by Crippen LogP contribution is -2.61. The van der Waals surface area contributed by atoms with Crippen molar-refractivity contribution in [2.45, 2.75) is 71.2 Å². The van der Waals surface area contributed by atoms with Gasteiger partial charge in [0, 0.05) is 5.54 Å². The number of benzene rings is 1. The second kappa shape index (κ2) is 11.0. The predicted octanol–water partition coefficient (Wildman–Crippen LogP) is 2.17. The maximum atomic E-state index is 13.0. The molecule has 0 heterocycles. The molecule has 0 saturated carbocycles. The van der Waals surface area contributed by atoms with Gasteiger partial charge in [0.25, 0.3) is 0 Å². The SMILES string of the molecule is COC(=O)CNC(C(=O)NC(C)(C)C)[C@H](Cc1ccccc1)NC(=O)OC(C)(C)C. The molecule has 1 unspecified atom stereocenters. The molecule has 0 saturated heterocycles. The summed E-state index contributed by atoms with van der Waals surface area (Å²) in [5, 5.41) is 8.62. The van der Waals surface area contributed by atoms with E-state index in [0.717, 1.165) is 5.56 Å². The number of carbonyl (C=O) groups is 3. The average molecular weight is 422 g/mol. The van der Waals surface area contributed by atoms with Gasteiger partial charge in [0.1, 0.15) is 11.6 Å². The number of nitrogens with one attached hydrogen (secondary N) is 3. The molecule has 0 radical (unpaired) electrons. The fraction of sp³-hybridized carbons (Fsp3) is 0.591. The minimum absolute atomic E-state index is 0.181. The molecule has 2 atom stereocenters. The molecule has 3 N–H and O–H groups in total. The number of carbonyl (C=O) groups excluding carboxylic acids is 3. The fourth-order valence-corrected chi connectivity index (χ4v) is 2.71. The van der Waals surface area contributed by atoms with Gasteiger partial charge in [-0.3, -0.25) is 14.9 Å². The normalized spacial score (nSPS) is 13.7. The summed E-state index contributed by atoms with van der Waals surface area (Å²) in [6, 6.07) is 7.90. The summed E-state index contributed by atoms with van der Waals surface area (Å²) in [6.07, 6.45) is -0.284. The molecule has 0 aliphatic carbocycles. The summed E-state index contributed by atoms with van der Waals surface area (Å²) in [5.74, 6) is -0.859. The molecule has 1 aromatic rings. The highest BCUT2D eigenvalue weighted by atomic mass is 16.6. The molecular weight excluding hydrogens is 386 g/mol. The van der Waals surface area contributed by atoms with Gasteiger partial charge in [-0.05, 0) is 53.5 Å². The smallest absolute Gasteiger partial charge is 0.407 e. The van der Waals surface area contributed by atoms with E-state index in [1.54, 1.807) is 20.8 Å². The molecule has 0 aliphatic rings. The van der Waals surface area contributed by atoms with Crippen molar-refractivity contribution in [1.29, 1.82) is 0 Å². The van der Waals surface area contributed by atoms with Crippen LogP contribution in [-0.2, 0) is 25.5 Å². The third kappa shape index (κ3) is 10.2. The molecule has 0 fully saturated rings. The third-order valence-corrected chi connectivity index (χ3v) is 3.88. The number of esters is 1. The van der Waals surface area contributed by atoms with Gasteiger partial charge in [0.2, 0.25) is 5.91 Å². The van der Waals surface area contributed by atoms with Crippen molar-refractivity contribution in [1.82, 2.24) is 16.0 Å². The number of hydrogen-bond donors (Lipinski definition) is 3. The highest BCUT2D eigenvalue weighted by Gasteiger charge is 2.33. The van der Waals surface area contributed by atoms with Crippen LogP contribution in [0.2, 0.25) is 0 Å². The monoisotopic (exact) mass is 421 g/mol. The molecule has 0 aromatic heterocycles. The van der Waals surface area contributed by atoms with Gasteiger partial charge in [-0.15, -0.1) is 0 Å². The van der Waals surface area contributed by atoms with Gasteiger partial charge in [0.05, 0.1) is 19.7 Å². The van der Waals surface area contributed by atoms with Crippen molar-refractivity contribution in [3.05, 3.63) is 35.9 Å². The van der Waals surface area contributed by atoms with E-state index < -0.39 is 35.3 Å². The number of ether oxygens (including phenoxy) is 2. The Bertz CT molecular complexity index is 708. The van der Waals surface area contributed by atoms with E-state index in [4.69, 9.17) is 4.74 Å². The van der Waals surface area contributed by atoms with Gasteiger partial charge >= 0.3 is 12.1 Å². The number of rotatable bonds is 8. The van der Waals surface area contributed by atoms with E-state index in [1.807, 2.05) is 51.1 Å². The van der Waals surface area contributed by atoms with Crippen LogP contribution in [0.4, 0.5) is 4.79 Å². The first-order chi connectivity index (χ1) is 13.8. The van der Waals surface area contributed by atoms with Crippen LogP contribution < -0.4 is 16.0 Å². The van der Waals surface area contributed by atoms with E-state index in [1.165, 1.54) is 7.11 Å². The van der Waals surface area contributed by atoms with Gasteiger partial charge in [-0.25, -0.2) is 4.79 Å². The summed E-state index contributed by atoms with van der Waals surface area (Å²) < 4.78 is 10.1. The molecule has 0 aliphatic heterocycles. The third-order valence-electron chi connectivity index (χ3n) is 3.88. The van der Waals surface area contributed by atoms with Crippen LogP contribution in [-0.4, -0.2) is 54.8 Å². The van der Waals surface area contributed by atoms with Crippen LogP contribution >= 0.6 is 0 Å². The Morgan fingerprint density at radius 2 is 1.60 bits per heavy atom. The molecule has 0 bridgehead atoms. The Morgan fingerprint density at radius 1 is 1.00 bits per heavy atom. The summed E-state index contributed by atoms with van der Waals surface area (Å²) in [7, 11) is 1.27. The molecule has 8 heteroatoms. The number of methoxy groups -OCH3 is 1. The summed E-state index contributed by atoms with van der Waals surface area (Å²) >= 11 is 0. The van der Waals surface area contributed by atoms with Crippen LogP contribution in [0.3, 0.4) is 0 Å². The standard InChI is InChI=1S/C22H35N3O5/c1-21(2,3)25-19(27)18(23-14-17(26)29-7)16(13-15-11-9-8-10-12-15)24-20(28)30-22(4,5)6/h8-12,16,18,23H,13-14H2,1-7H3,(H,24,28)(H,25,27)/t16-,18?/m0/s1. The first kappa shape index (κ1) is 25.4. The highest BCUT2D eigenvalue weighted by molar-refractivity contribution is 5.85. The van der Waals surface area contributed by atoms with Crippen LogP contribution in [0.15, 0.2) is 30.3 Å². The average Bonchev–Trinajstić information content (AvgIpc) is 2.59. The molecule has 2 amide bonds. The summed E-state index contributed by atoms with van der Waals surface area (Å²) in [6.45, 7) is 10.7. The Morgan fingerprint density at radius 3 is 2.10 bits per heavy atom. The largest absolute Gasteiger partial charge is 0.468 e. The van der Waals surface area contributed by atoms with Crippen LogP contribution in [0.25, 0.3) is 0 Å². The van der Waals surface area contributed by atoms with Gasteiger partial charge in [0.15, 0.2) is 0 Å². The minimum atomic E-state index is -0.893. The van der Waals surface area contributed by atoms with Gasteiger partial charge < -0.3 is 20.1 Å². The molecule has 1 rings (SSSR count). The van der Waals surface area contributed by atoms with Crippen molar-refractivity contribution in [2.75, 3.05) is 13.7 Å². The maximum Gasteiger partial charge on any atom is 0.407 e. The molecule has 8 nitrogen and oxygen atoms in total. The second-order valence-electron chi connectivity index (χ2n) is 9.12. The van der Waals surface area contributed by atoms with Crippen molar-refractivity contribution >= 4 is 18.0 Å². The van der Waals surface area contributed by atoms with E-state index in [9.17, 15) is 14.4 Å². The molecule has 1 aromatic carbocycles. The van der Waals surface area contributed by atoms with Crippen LogP contribution in [0.5, 0.6) is 0 Å². The maximum absolute atomic E-state index is 13.0. The Balaban J connectivity index is 3.17. The van der Waals surface area contributed by atoms with E-state index in [2.05, 4.69) is 20.7 Å². The highest BCUT2D eigenvalue weighted by Crippen LogP contribution is 2.12. The molecular formula is C22H35N3O5. The van der Waals surface area contributed by atoms with E-state index in [0.29, 0.717) is 6.42 Å². The zero-order chi connectivity index (χ0) is 22.9. The zero-order valence-corrected chi connectivity index (χ0v) is 19.0. The van der Waals surface area contributed by atoms with Gasteiger partial charge in [-0.1, -0.05) is 30.3 Å². The quantitative estimate of drug-likeness (QED) is 0.556. The topological polar surface area (TPSA) is 106 Å². The Labute approximate surface area is 179 Å². The molecule has 0 spiro atoms. The van der Waals surface area contributed by atoms with Crippen molar-refractivity contribution in [3.8, 4) is 0 Å². The number of alkyl carbamates (subject to hydrolysis) is 1. The first-order valence-corrected chi connectivity index (χ1v) is 9.96. The minimum Gasteiger partial charge on any atom is -0.468 e. The van der Waals surface area contributed by atoms with E-state index >= 15 is 0 Å². The Kier molecular flexibility index (Phi) is 9.29. The number of hydrogen-bond acceptors (Lipinski definition) is 6. The fourth-order valence-electron chi connectivity index (χ4n) is 2.71. The predicted molar refractivity (Wildman–Crippen MR) is 115 cm³/mol. The first-order valence-electron chi connectivity index (χ1n) is 9.96. The lowest BCUT2D eigenvalue weighted by Gasteiger charge is -2.32. The molecule has 168 valence electrons. The van der Waals surface area contributed by atoms with Crippen molar-refractivity contribution in [3.63, 3.8) is 0 Å².